The third-order valence-corrected chi connectivity index (χ3v) is 3.55. The van der Waals surface area contributed by atoms with Crippen LogP contribution in [0.1, 0.15) is 0 Å². The highest BCUT2D eigenvalue weighted by atomic mass is 32.3. The SMILES string of the molecule is O=C(O)C1SCS1. The number of rotatable bonds is 1. The van der Waals surface area contributed by atoms with Crippen LogP contribution in [0.4, 0.5) is 0 Å². The fourth-order valence-corrected chi connectivity index (χ4v) is 1.65. The van der Waals surface area contributed by atoms with Crippen LogP contribution in [-0.2, 0) is 4.79 Å². The Morgan fingerprint density at radius 1 is 1.71 bits per heavy atom. The van der Waals surface area contributed by atoms with Crippen LogP contribution >= 0.6 is 23.5 Å². The molecule has 0 bridgehead atoms. The quantitative estimate of drug-likeness (QED) is 0.579. The third kappa shape index (κ3) is 1.04. The minimum absolute atomic E-state index is 0.167. The molecule has 2 nitrogen and oxygen atoms in total. The molecule has 40 valence electrons. The van der Waals surface area contributed by atoms with Crippen LogP contribution in [0.3, 0.4) is 0 Å². The van der Waals surface area contributed by atoms with E-state index < -0.39 is 5.97 Å². The van der Waals surface area contributed by atoms with Crippen molar-refractivity contribution in [3.8, 4) is 0 Å². The molecule has 1 rings (SSSR count). The molecule has 0 spiro atoms. The molecule has 0 aromatic rings. The fourth-order valence-electron chi connectivity index (χ4n) is 0.279. The number of carboxylic acid groups (broad SMARTS) is 1. The van der Waals surface area contributed by atoms with Crippen molar-refractivity contribution in [1.82, 2.24) is 0 Å². The molecule has 1 aliphatic heterocycles. The van der Waals surface area contributed by atoms with Gasteiger partial charge >= 0.3 is 5.97 Å². The highest BCUT2D eigenvalue weighted by Crippen LogP contribution is 2.38. The zero-order valence-corrected chi connectivity index (χ0v) is 5.09. The summed E-state index contributed by atoms with van der Waals surface area (Å²) in [6.45, 7) is 0. The first-order chi connectivity index (χ1) is 3.30. The van der Waals surface area contributed by atoms with E-state index in [1.807, 2.05) is 0 Å². The van der Waals surface area contributed by atoms with Gasteiger partial charge in [0.25, 0.3) is 0 Å². The normalized spacial score (nSPS) is 21.1. The van der Waals surface area contributed by atoms with Crippen molar-refractivity contribution in [2.24, 2.45) is 0 Å². The largest absolute Gasteiger partial charge is 0.480 e. The van der Waals surface area contributed by atoms with Crippen molar-refractivity contribution < 1.29 is 9.90 Å². The summed E-state index contributed by atoms with van der Waals surface area (Å²) in [6, 6.07) is 0. The summed E-state index contributed by atoms with van der Waals surface area (Å²) in [5, 5.41) is 9.13. The summed E-state index contributed by atoms with van der Waals surface area (Å²) >= 11 is 2.95. The van der Waals surface area contributed by atoms with Crippen LogP contribution in [0.2, 0.25) is 0 Å². The van der Waals surface area contributed by atoms with Crippen LogP contribution in [0.25, 0.3) is 0 Å². The van der Waals surface area contributed by atoms with Crippen molar-refractivity contribution in [3.05, 3.63) is 0 Å². The van der Waals surface area contributed by atoms with Gasteiger partial charge in [-0.25, -0.2) is 0 Å². The van der Waals surface area contributed by atoms with E-state index in [1.165, 1.54) is 23.5 Å². The van der Waals surface area contributed by atoms with E-state index in [-0.39, 0.29) is 4.58 Å². The van der Waals surface area contributed by atoms with Crippen LogP contribution in [0.15, 0.2) is 0 Å². The summed E-state index contributed by atoms with van der Waals surface area (Å²) in [5.74, 6) is -0.693. The predicted octanol–water partition coefficient (Wildman–Crippen LogP) is 0.835. The molecule has 1 saturated heterocycles. The number of thioether (sulfide) groups is 2. The van der Waals surface area contributed by atoms with Crippen molar-refractivity contribution in [2.45, 2.75) is 4.58 Å². The molecular formula is C3H4O2S2. The van der Waals surface area contributed by atoms with E-state index in [4.69, 9.17) is 5.11 Å². The first kappa shape index (κ1) is 5.31. The molecule has 1 heterocycles. The number of aliphatic carboxylic acids is 1. The molecule has 4 heteroatoms. The molecule has 0 aromatic carbocycles. The number of carboxylic acids is 1. The fraction of sp³-hybridized carbons (Fsp3) is 0.667. The summed E-state index contributed by atoms with van der Waals surface area (Å²) in [5.41, 5.74) is 0. The van der Waals surface area contributed by atoms with Gasteiger partial charge in [0.05, 0.1) is 0 Å². The van der Waals surface area contributed by atoms with E-state index >= 15 is 0 Å². The second-order valence-corrected chi connectivity index (χ2v) is 3.97. The highest BCUT2D eigenvalue weighted by Gasteiger charge is 2.25. The smallest absolute Gasteiger partial charge is 0.326 e. The Labute approximate surface area is 49.7 Å². The van der Waals surface area contributed by atoms with Gasteiger partial charge in [0.1, 0.15) is 4.58 Å². The second kappa shape index (κ2) is 1.96. The Kier molecular flexibility index (Phi) is 1.49. The number of carbonyl (C=O) groups is 1. The maximum absolute atomic E-state index is 9.94. The van der Waals surface area contributed by atoms with Crippen molar-refractivity contribution in [1.29, 1.82) is 0 Å². The van der Waals surface area contributed by atoms with E-state index in [9.17, 15) is 4.79 Å². The Bertz CT molecular complexity index is 88.9. The molecule has 0 unspecified atom stereocenters. The zero-order valence-electron chi connectivity index (χ0n) is 3.46. The van der Waals surface area contributed by atoms with Crippen molar-refractivity contribution in [3.63, 3.8) is 0 Å². The number of hydrogen-bond acceptors (Lipinski definition) is 3. The molecule has 0 saturated carbocycles. The van der Waals surface area contributed by atoms with Gasteiger partial charge in [0.15, 0.2) is 0 Å². The standard InChI is InChI=1S/C3H4O2S2/c4-2(5)3-6-1-7-3/h3H,1H2,(H,4,5). The van der Waals surface area contributed by atoms with Crippen LogP contribution < -0.4 is 0 Å². The van der Waals surface area contributed by atoms with Crippen LogP contribution in [0, 0.1) is 0 Å². The molecule has 1 N–H and O–H groups in total. The lowest BCUT2D eigenvalue weighted by Gasteiger charge is -2.18. The second-order valence-electron chi connectivity index (χ2n) is 1.12. The Hall–Kier alpha value is 0.170. The summed E-state index contributed by atoms with van der Waals surface area (Å²) in [4.78, 5) is 9.94. The van der Waals surface area contributed by atoms with Crippen LogP contribution in [-0.4, -0.2) is 20.7 Å². The summed E-state index contributed by atoms with van der Waals surface area (Å²) < 4.78 is -0.167. The average Bonchev–Trinajstić information content (AvgIpc) is 1.23. The molecule has 7 heavy (non-hydrogen) atoms. The van der Waals surface area contributed by atoms with Gasteiger partial charge in [-0.3, -0.25) is 4.79 Å². The first-order valence-corrected chi connectivity index (χ1v) is 3.86. The van der Waals surface area contributed by atoms with Gasteiger partial charge in [-0.1, -0.05) is 0 Å². The summed E-state index contributed by atoms with van der Waals surface area (Å²) in [6.07, 6.45) is 0. The van der Waals surface area contributed by atoms with Gasteiger partial charge < -0.3 is 5.11 Å². The minimum atomic E-state index is -0.693. The lowest BCUT2D eigenvalue weighted by Crippen LogP contribution is -2.18. The monoisotopic (exact) mass is 136 g/mol. The first-order valence-electron chi connectivity index (χ1n) is 1.77. The molecular weight excluding hydrogens is 132 g/mol. The maximum Gasteiger partial charge on any atom is 0.326 e. The van der Waals surface area contributed by atoms with Gasteiger partial charge in [-0.15, -0.1) is 23.5 Å². The number of hydrogen-bond donors (Lipinski definition) is 1. The molecule has 0 atom stereocenters. The Morgan fingerprint density at radius 3 is 2.29 bits per heavy atom. The predicted molar refractivity (Wildman–Crippen MR) is 31.5 cm³/mol. The van der Waals surface area contributed by atoms with Crippen LogP contribution in [0.5, 0.6) is 0 Å². The molecule has 1 fully saturated rings. The van der Waals surface area contributed by atoms with E-state index in [2.05, 4.69) is 0 Å². The van der Waals surface area contributed by atoms with E-state index in [0.717, 1.165) is 5.08 Å². The van der Waals surface area contributed by atoms with Gasteiger partial charge in [0.2, 0.25) is 0 Å². The minimum Gasteiger partial charge on any atom is -0.480 e. The maximum atomic E-state index is 9.94. The van der Waals surface area contributed by atoms with E-state index in [1.54, 1.807) is 0 Å². The van der Waals surface area contributed by atoms with Gasteiger partial charge in [-0.05, 0) is 0 Å². The molecule has 0 radical (unpaired) electrons. The Balaban J connectivity index is 2.27. The molecule has 0 amide bonds. The molecule has 0 aromatic heterocycles. The lowest BCUT2D eigenvalue weighted by molar-refractivity contribution is -0.134. The topological polar surface area (TPSA) is 37.3 Å². The zero-order chi connectivity index (χ0) is 5.28. The summed E-state index contributed by atoms with van der Waals surface area (Å²) in [7, 11) is 0. The lowest BCUT2D eigenvalue weighted by atomic mass is 10.8. The van der Waals surface area contributed by atoms with Gasteiger partial charge in [-0.2, -0.15) is 0 Å². The third-order valence-electron chi connectivity index (χ3n) is 0.640. The van der Waals surface area contributed by atoms with Crippen molar-refractivity contribution in [2.75, 3.05) is 5.08 Å². The van der Waals surface area contributed by atoms with Crippen molar-refractivity contribution >= 4 is 29.5 Å². The highest BCUT2D eigenvalue weighted by molar-refractivity contribution is 8.33. The average molecular weight is 136 g/mol. The van der Waals surface area contributed by atoms with E-state index in [0.29, 0.717) is 0 Å². The molecule has 1 aliphatic rings. The Morgan fingerprint density at radius 2 is 2.29 bits per heavy atom. The molecule has 0 aliphatic carbocycles. The van der Waals surface area contributed by atoms with Gasteiger partial charge in [0, 0.05) is 5.08 Å².